The van der Waals surface area contributed by atoms with Gasteiger partial charge in [0.25, 0.3) is 11.5 Å². The van der Waals surface area contributed by atoms with Crippen molar-refractivity contribution in [3.8, 4) is 0 Å². The molecule has 2 N–H and O–H groups in total. The summed E-state index contributed by atoms with van der Waals surface area (Å²) in [5.74, 6) is -0.172. The fourth-order valence-electron chi connectivity index (χ4n) is 2.84. The van der Waals surface area contributed by atoms with Crippen molar-refractivity contribution >= 4 is 5.91 Å². The molecular formula is C20H27N3O2. The van der Waals surface area contributed by atoms with Crippen LogP contribution in [0, 0.1) is 13.8 Å². The van der Waals surface area contributed by atoms with Gasteiger partial charge >= 0.3 is 0 Å². The summed E-state index contributed by atoms with van der Waals surface area (Å²) in [5.41, 5.74) is 3.94. The Morgan fingerprint density at radius 3 is 2.32 bits per heavy atom. The van der Waals surface area contributed by atoms with Crippen LogP contribution in [-0.4, -0.2) is 28.9 Å². The molecule has 5 heteroatoms. The van der Waals surface area contributed by atoms with E-state index in [0.29, 0.717) is 11.1 Å². The molecule has 25 heavy (non-hydrogen) atoms. The number of amides is 1. The molecule has 5 nitrogen and oxygen atoms in total. The second kappa shape index (κ2) is 8.62. The molecule has 0 bridgehead atoms. The van der Waals surface area contributed by atoms with E-state index in [1.54, 1.807) is 0 Å². The number of rotatable bonds is 7. The molecule has 0 saturated carbocycles. The van der Waals surface area contributed by atoms with Gasteiger partial charge in [0.05, 0.1) is 0 Å². The van der Waals surface area contributed by atoms with Crippen LogP contribution >= 0.6 is 0 Å². The van der Waals surface area contributed by atoms with Gasteiger partial charge in [0.1, 0.15) is 0 Å². The molecule has 0 aliphatic heterocycles. The highest BCUT2D eigenvalue weighted by Crippen LogP contribution is 2.08. The van der Waals surface area contributed by atoms with Gasteiger partial charge < -0.3 is 10.3 Å². The van der Waals surface area contributed by atoms with E-state index >= 15 is 0 Å². The van der Waals surface area contributed by atoms with Crippen LogP contribution in [-0.2, 0) is 13.1 Å². The molecule has 0 saturated heterocycles. The molecule has 0 spiro atoms. The van der Waals surface area contributed by atoms with Gasteiger partial charge in [0.2, 0.25) is 0 Å². The Balaban J connectivity index is 2.01. The number of carbonyl (C=O) groups excluding carboxylic acids is 1. The second-order valence-corrected chi connectivity index (χ2v) is 6.28. The Morgan fingerprint density at radius 2 is 1.76 bits per heavy atom. The lowest BCUT2D eigenvalue weighted by molar-refractivity contribution is 0.0950. The fraction of sp³-hybridized carbons (Fsp3) is 0.400. The Bertz CT molecular complexity index is 775. The van der Waals surface area contributed by atoms with Crippen LogP contribution < -0.4 is 10.9 Å². The van der Waals surface area contributed by atoms with E-state index < -0.39 is 0 Å². The van der Waals surface area contributed by atoms with Crippen LogP contribution in [0.2, 0.25) is 0 Å². The first-order valence-corrected chi connectivity index (χ1v) is 8.73. The van der Waals surface area contributed by atoms with Gasteiger partial charge in [0.15, 0.2) is 0 Å². The lowest BCUT2D eigenvalue weighted by atomic mass is 10.1. The third-order valence-electron chi connectivity index (χ3n) is 4.44. The third-order valence-corrected chi connectivity index (χ3v) is 4.44. The quantitative estimate of drug-likeness (QED) is 0.814. The normalized spacial score (nSPS) is 10.9. The minimum absolute atomic E-state index is 0.146. The lowest BCUT2D eigenvalue weighted by Gasteiger charge is -2.18. The van der Waals surface area contributed by atoms with E-state index in [9.17, 15) is 9.59 Å². The molecule has 0 unspecified atom stereocenters. The summed E-state index contributed by atoms with van der Waals surface area (Å²) in [6.45, 7) is 11.1. The molecule has 1 amide bonds. The zero-order chi connectivity index (χ0) is 18.4. The van der Waals surface area contributed by atoms with Crippen molar-refractivity contribution in [1.29, 1.82) is 0 Å². The molecule has 2 rings (SSSR count). The number of hydrogen-bond donors (Lipinski definition) is 2. The van der Waals surface area contributed by atoms with Gasteiger partial charge in [-0.3, -0.25) is 14.5 Å². The maximum absolute atomic E-state index is 12.3. The number of hydrogen-bond acceptors (Lipinski definition) is 3. The van der Waals surface area contributed by atoms with E-state index in [4.69, 9.17) is 0 Å². The molecule has 1 aromatic carbocycles. The number of benzene rings is 1. The number of aryl methyl sites for hydroxylation is 2. The first-order chi connectivity index (χ1) is 11.9. The summed E-state index contributed by atoms with van der Waals surface area (Å²) >= 11 is 0. The third kappa shape index (κ3) is 5.03. The summed E-state index contributed by atoms with van der Waals surface area (Å²) < 4.78 is 0. The maximum Gasteiger partial charge on any atom is 0.253 e. The first kappa shape index (κ1) is 18.9. The predicted molar refractivity (Wildman–Crippen MR) is 101 cm³/mol. The highest BCUT2D eigenvalue weighted by Gasteiger charge is 2.10. The summed E-state index contributed by atoms with van der Waals surface area (Å²) in [6, 6.07) is 9.54. The van der Waals surface area contributed by atoms with Crippen LogP contribution in [0.25, 0.3) is 0 Å². The van der Waals surface area contributed by atoms with E-state index in [-0.39, 0.29) is 18.0 Å². The molecule has 0 aliphatic carbocycles. The van der Waals surface area contributed by atoms with Crippen LogP contribution in [0.15, 0.2) is 35.1 Å². The Labute approximate surface area is 149 Å². The van der Waals surface area contributed by atoms with Crippen LogP contribution in [0.3, 0.4) is 0 Å². The summed E-state index contributed by atoms with van der Waals surface area (Å²) in [4.78, 5) is 29.4. The van der Waals surface area contributed by atoms with Crippen molar-refractivity contribution in [3.05, 3.63) is 68.6 Å². The van der Waals surface area contributed by atoms with Crippen molar-refractivity contribution in [3.63, 3.8) is 0 Å². The van der Waals surface area contributed by atoms with Crippen LogP contribution in [0.4, 0.5) is 0 Å². The van der Waals surface area contributed by atoms with Gasteiger partial charge in [-0.05, 0) is 56.3 Å². The SMILES string of the molecule is CCN(CC)Cc1ccc(C(=O)NCc2c(C)cc(C)[nH]c2=O)cc1. The number of nitrogens with zero attached hydrogens (tertiary/aromatic N) is 1. The highest BCUT2D eigenvalue weighted by atomic mass is 16.1. The van der Waals surface area contributed by atoms with Crippen LogP contribution in [0.1, 0.15) is 46.6 Å². The molecular weight excluding hydrogens is 314 g/mol. The minimum Gasteiger partial charge on any atom is -0.348 e. The average Bonchev–Trinajstić information content (AvgIpc) is 2.59. The second-order valence-electron chi connectivity index (χ2n) is 6.28. The minimum atomic E-state index is -0.172. The molecule has 0 atom stereocenters. The molecule has 134 valence electrons. The maximum atomic E-state index is 12.3. The summed E-state index contributed by atoms with van der Waals surface area (Å²) in [5, 5.41) is 2.83. The number of aromatic nitrogens is 1. The van der Waals surface area contributed by atoms with Gasteiger partial charge in [-0.25, -0.2) is 0 Å². The molecule has 0 radical (unpaired) electrons. The van der Waals surface area contributed by atoms with Crippen molar-refractivity contribution in [2.45, 2.75) is 40.8 Å². The largest absolute Gasteiger partial charge is 0.348 e. The zero-order valence-electron chi connectivity index (χ0n) is 15.5. The van der Waals surface area contributed by atoms with E-state index in [2.05, 4.69) is 29.0 Å². The summed E-state index contributed by atoms with van der Waals surface area (Å²) in [7, 11) is 0. The van der Waals surface area contributed by atoms with Gasteiger partial charge in [-0.2, -0.15) is 0 Å². The van der Waals surface area contributed by atoms with Crippen molar-refractivity contribution in [2.75, 3.05) is 13.1 Å². The van der Waals surface area contributed by atoms with Gasteiger partial charge in [-0.1, -0.05) is 26.0 Å². The van der Waals surface area contributed by atoms with Crippen molar-refractivity contribution in [2.24, 2.45) is 0 Å². The lowest BCUT2D eigenvalue weighted by Crippen LogP contribution is -2.28. The smallest absolute Gasteiger partial charge is 0.253 e. The predicted octanol–water partition coefficient (Wildman–Crippen LogP) is 2.76. The summed E-state index contributed by atoms with van der Waals surface area (Å²) in [6.07, 6.45) is 0. The van der Waals surface area contributed by atoms with Crippen molar-refractivity contribution in [1.82, 2.24) is 15.2 Å². The Hall–Kier alpha value is -2.40. The van der Waals surface area contributed by atoms with E-state index in [1.807, 2.05) is 44.2 Å². The van der Waals surface area contributed by atoms with Crippen molar-refractivity contribution < 1.29 is 4.79 Å². The number of pyridine rings is 1. The molecule has 2 aromatic rings. The van der Waals surface area contributed by atoms with Gasteiger partial charge in [0, 0.05) is 29.9 Å². The van der Waals surface area contributed by atoms with Gasteiger partial charge in [-0.15, -0.1) is 0 Å². The fourth-order valence-corrected chi connectivity index (χ4v) is 2.84. The number of carbonyl (C=O) groups is 1. The van der Waals surface area contributed by atoms with E-state index in [0.717, 1.165) is 30.9 Å². The highest BCUT2D eigenvalue weighted by molar-refractivity contribution is 5.94. The standard InChI is InChI=1S/C20H27N3O2/c1-5-23(6-2)13-16-7-9-17(10-8-16)19(24)21-12-18-14(3)11-15(4)22-20(18)25/h7-11H,5-6,12-13H2,1-4H3,(H,21,24)(H,22,25). The number of nitrogens with one attached hydrogen (secondary N) is 2. The topological polar surface area (TPSA) is 65.2 Å². The molecule has 0 aliphatic rings. The molecule has 1 heterocycles. The Kier molecular flexibility index (Phi) is 6.53. The van der Waals surface area contributed by atoms with Crippen LogP contribution in [0.5, 0.6) is 0 Å². The zero-order valence-corrected chi connectivity index (χ0v) is 15.5. The average molecular weight is 341 g/mol. The molecule has 0 fully saturated rings. The molecule has 1 aromatic heterocycles. The monoisotopic (exact) mass is 341 g/mol. The van der Waals surface area contributed by atoms with E-state index in [1.165, 1.54) is 5.56 Å². The number of H-pyrrole nitrogens is 1. The first-order valence-electron chi connectivity index (χ1n) is 8.73. The number of aromatic amines is 1. The Morgan fingerprint density at radius 1 is 1.12 bits per heavy atom.